The third-order valence-electron chi connectivity index (χ3n) is 2.30. The van der Waals surface area contributed by atoms with Crippen LogP contribution in [0.1, 0.15) is 10.4 Å². The van der Waals surface area contributed by atoms with Crippen molar-refractivity contribution in [2.24, 2.45) is 0 Å². The van der Waals surface area contributed by atoms with E-state index < -0.39 is 0 Å². The summed E-state index contributed by atoms with van der Waals surface area (Å²) >= 11 is 0. The molecule has 1 heterocycles. The van der Waals surface area contributed by atoms with Crippen LogP contribution in [0.4, 0.5) is 0 Å². The van der Waals surface area contributed by atoms with Crippen molar-refractivity contribution in [1.29, 1.82) is 0 Å². The van der Waals surface area contributed by atoms with Crippen LogP contribution in [0, 0.1) is 0 Å². The Morgan fingerprint density at radius 2 is 1.83 bits per heavy atom. The lowest BCUT2D eigenvalue weighted by atomic mass is 10.2. The van der Waals surface area contributed by atoms with Gasteiger partial charge in [0.25, 0.3) is 5.91 Å². The molecule has 1 aromatic heterocycles. The van der Waals surface area contributed by atoms with Gasteiger partial charge in [0.1, 0.15) is 12.7 Å². The second-order valence-corrected chi connectivity index (χ2v) is 3.38. The van der Waals surface area contributed by atoms with E-state index in [1.165, 1.54) is 31.6 Å². The van der Waals surface area contributed by atoms with Crippen molar-refractivity contribution in [3.05, 3.63) is 36.4 Å². The summed E-state index contributed by atoms with van der Waals surface area (Å²) < 4.78 is 11.6. The quantitative estimate of drug-likeness (QED) is 0.860. The second-order valence-electron chi connectivity index (χ2n) is 3.38. The first-order valence-corrected chi connectivity index (χ1v) is 5.12. The Hall–Kier alpha value is -2.57. The fraction of sp³-hybridized carbons (Fsp3) is 0.182. The van der Waals surface area contributed by atoms with E-state index in [1.54, 1.807) is 18.2 Å². The Kier molecular flexibility index (Phi) is 3.42. The Balaban J connectivity index is 2.20. The molecule has 0 saturated heterocycles. The van der Waals surface area contributed by atoms with Crippen molar-refractivity contribution in [2.45, 2.75) is 0 Å². The smallest absolute Gasteiger partial charge is 0.270 e. The minimum Gasteiger partial charge on any atom is -0.493 e. The maximum absolute atomic E-state index is 11.9. The van der Waals surface area contributed by atoms with Gasteiger partial charge >= 0.3 is 0 Å². The monoisotopic (exact) mass is 248 g/mol. The molecule has 0 aliphatic heterocycles. The molecule has 0 saturated carbocycles. The minimum atomic E-state index is -0.296. The lowest BCUT2D eigenvalue weighted by Gasteiger charge is -2.09. The molecule has 2 rings (SSSR count). The SMILES string of the molecule is COc1ccc(C(=O)Nn2cnnc2)cc1OC. The van der Waals surface area contributed by atoms with Crippen LogP contribution < -0.4 is 14.9 Å². The first-order chi connectivity index (χ1) is 8.74. The highest BCUT2D eigenvalue weighted by atomic mass is 16.5. The minimum absolute atomic E-state index is 0.296. The summed E-state index contributed by atoms with van der Waals surface area (Å²) in [5, 5.41) is 7.17. The molecular weight excluding hydrogens is 236 g/mol. The van der Waals surface area contributed by atoms with Crippen LogP contribution in [-0.2, 0) is 0 Å². The Bertz CT molecular complexity index is 539. The lowest BCUT2D eigenvalue weighted by Crippen LogP contribution is -2.21. The molecule has 1 aromatic carbocycles. The van der Waals surface area contributed by atoms with Gasteiger partial charge in [-0.2, -0.15) is 0 Å². The largest absolute Gasteiger partial charge is 0.493 e. The van der Waals surface area contributed by atoms with Gasteiger partial charge < -0.3 is 9.47 Å². The number of methoxy groups -OCH3 is 2. The summed E-state index contributed by atoms with van der Waals surface area (Å²) in [6.45, 7) is 0. The third kappa shape index (κ3) is 2.40. The number of hydrogen-bond donors (Lipinski definition) is 1. The number of nitrogens with zero attached hydrogens (tertiary/aromatic N) is 3. The van der Waals surface area contributed by atoms with Crippen molar-refractivity contribution < 1.29 is 14.3 Å². The molecule has 0 spiro atoms. The number of carbonyl (C=O) groups is 1. The van der Waals surface area contributed by atoms with E-state index in [9.17, 15) is 4.79 Å². The first kappa shape index (κ1) is 11.9. The number of rotatable bonds is 4. The van der Waals surface area contributed by atoms with Gasteiger partial charge in [-0.25, -0.2) is 4.68 Å². The highest BCUT2D eigenvalue weighted by Gasteiger charge is 2.10. The highest BCUT2D eigenvalue weighted by Crippen LogP contribution is 2.27. The van der Waals surface area contributed by atoms with Crippen LogP contribution in [0.25, 0.3) is 0 Å². The molecule has 0 aliphatic rings. The van der Waals surface area contributed by atoms with Crippen LogP contribution in [-0.4, -0.2) is 35.0 Å². The zero-order valence-corrected chi connectivity index (χ0v) is 9.95. The number of nitrogens with one attached hydrogen (secondary N) is 1. The van der Waals surface area contributed by atoms with Crippen molar-refractivity contribution in [1.82, 2.24) is 14.9 Å². The third-order valence-corrected chi connectivity index (χ3v) is 2.30. The fourth-order valence-corrected chi connectivity index (χ4v) is 1.42. The summed E-state index contributed by atoms with van der Waals surface area (Å²) in [6.07, 6.45) is 2.78. The maximum atomic E-state index is 11.9. The zero-order chi connectivity index (χ0) is 13.0. The van der Waals surface area contributed by atoms with Crippen LogP contribution in [0.15, 0.2) is 30.9 Å². The van der Waals surface area contributed by atoms with Crippen molar-refractivity contribution in [3.63, 3.8) is 0 Å². The van der Waals surface area contributed by atoms with Crippen LogP contribution >= 0.6 is 0 Å². The summed E-state index contributed by atoms with van der Waals surface area (Å²) in [5.74, 6) is 0.767. The topological polar surface area (TPSA) is 78.3 Å². The average Bonchev–Trinajstić information content (AvgIpc) is 2.90. The van der Waals surface area contributed by atoms with Gasteiger partial charge in [0.05, 0.1) is 14.2 Å². The van der Waals surface area contributed by atoms with E-state index in [-0.39, 0.29) is 5.91 Å². The zero-order valence-electron chi connectivity index (χ0n) is 9.95. The van der Waals surface area contributed by atoms with Crippen molar-refractivity contribution >= 4 is 5.91 Å². The number of hydrogen-bond acceptors (Lipinski definition) is 5. The second kappa shape index (κ2) is 5.17. The lowest BCUT2D eigenvalue weighted by molar-refractivity contribution is 0.101. The molecule has 1 amide bonds. The molecule has 7 nitrogen and oxygen atoms in total. The van der Waals surface area contributed by atoms with E-state index in [2.05, 4.69) is 15.6 Å². The van der Waals surface area contributed by atoms with E-state index in [0.717, 1.165) is 0 Å². The highest BCUT2D eigenvalue weighted by molar-refractivity contribution is 6.00. The van der Waals surface area contributed by atoms with Crippen molar-refractivity contribution in [2.75, 3.05) is 19.6 Å². The molecular formula is C11H12N4O3. The number of aromatic nitrogens is 3. The molecule has 0 aliphatic carbocycles. The summed E-state index contributed by atoms with van der Waals surface area (Å²) in [7, 11) is 3.05. The normalized spacial score (nSPS) is 9.89. The van der Waals surface area contributed by atoms with Gasteiger partial charge in [-0.3, -0.25) is 10.2 Å². The molecule has 7 heteroatoms. The molecule has 2 aromatic rings. The van der Waals surface area contributed by atoms with Crippen LogP contribution in [0.2, 0.25) is 0 Å². The van der Waals surface area contributed by atoms with Gasteiger partial charge in [0.2, 0.25) is 0 Å². The first-order valence-electron chi connectivity index (χ1n) is 5.12. The van der Waals surface area contributed by atoms with E-state index >= 15 is 0 Å². The van der Waals surface area contributed by atoms with Gasteiger partial charge in [0, 0.05) is 5.56 Å². The van der Waals surface area contributed by atoms with Gasteiger partial charge in [-0.1, -0.05) is 0 Å². The van der Waals surface area contributed by atoms with Gasteiger partial charge in [-0.05, 0) is 18.2 Å². The maximum Gasteiger partial charge on any atom is 0.270 e. The number of carbonyl (C=O) groups excluding carboxylic acids is 1. The number of benzene rings is 1. The summed E-state index contributed by atoms with van der Waals surface area (Å²) in [5.41, 5.74) is 3.03. The molecule has 0 unspecified atom stereocenters. The average molecular weight is 248 g/mol. The molecule has 0 bridgehead atoms. The molecule has 94 valence electrons. The van der Waals surface area contributed by atoms with Crippen molar-refractivity contribution in [3.8, 4) is 11.5 Å². The number of ether oxygens (including phenoxy) is 2. The van der Waals surface area contributed by atoms with E-state index in [1.807, 2.05) is 0 Å². The Morgan fingerprint density at radius 1 is 1.17 bits per heavy atom. The predicted molar refractivity (Wildman–Crippen MR) is 63.3 cm³/mol. The fourth-order valence-electron chi connectivity index (χ4n) is 1.42. The molecule has 0 radical (unpaired) electrons. The summed E-state index contributed by atoms with van der Waals surface area (Å²) in [6, 6.07) is 4.90. The molecule has 0 atom stereocenters. The molecule has 18 heavy (non-hydrogen) atoms. The van der Waals surface area contributed by atoms with Crippen LogP contribution in [0.3, 0.4) is 0 Å². The standard InChI is InChI=1S/C11H12N4O3/c1-17-9-4-3-8(5-10(9)18-2)11(16)14-15-6-12-13-7-15/h3-7H,1-2H3,(H,14,16). The Morgan fingerprint density at radius 3 is 2.44 bits per heavy atom. The molecule has 0 fully saturated rings. The molecule has 1 N–H and O–H groups in total. The van der Waals surface area contributed by atoms with E-state index in [0.29, 0.717) is 17.1 Å². The summed E-state index contributed by atoms with van der Waals surface area (Å²) in [4.78, 5) is 11.9. The number of amides is 1. The Labute approximate surface area is 103 Å². The predicted octanol–water partition coefficient (Wildman–Crippen LogP) is 0.679. The van der Waals surface area contributed by atoms with E-state index in [4.69, 9.17) is 9.47 Å². The van der Waals surface area contributed by atoms with Crippen LogP contribution in [0.5, 0.6) is 11.5 Å². The van der Waals surface area contributed by atoms with Gasteiger partial charge in [0.15, 0.2) is 11.5 Å². The van der Waals surface area contributed by atoms with Gasteiger partial charge in [-0.15, -0.1) is 10.2 Å².